The average molecular weight is 424 g/mol. The van der Waals surface area contributed by atoms with E-state index in [-0.39, 0.29) is 24.7 Å². The summed E-state index contributed by atoms with van der Waals surface area (Å²) in [6.07, 6.45) is 1.61. The number of carbonyl (C=O) groups is 3. The largest absolute Gasteiger partial charge is 0.461 e. The lowest BCUT2D eigenvalue weighted by Crippen LogP contribution is -2.45. The minimum absolute atomic E-state index is 0.0183. The van der Waals surface area contributed by atoms with Crippen LogP contribution in [0.4, 0.5) is 0 Å². The summed E-state index contributed by atoms with van der Waals surface area (Å²) < 4.78 is 5.28. The van der Waals surface area contributed by atoms with E-state index in [2.05, 4.69) is 19.2 Å². The standard InChI is InChI=1S/C26H33NO4/c1-19(2)14-15-24(28)23(17-21-10-6-4-7-11-21)27-26(30)20(3)16-25(29)31-18-22-12-8-5-9-13-22/h4-13,19-20,23H,14-18H2,1-3H3,(H,27,30)/t20-,23+/m1/s1. The Balaban J connectivity index is 1.92. The molecule has 5 nitrogen and oxygen atoms in total. The number of carbonyl (C=O) groups excluding carboxylic acids is 3. The van der Waals surface area contributed by atoms with Gasteiger partial charge < -0.3 is 10.1 Å². The number of esters is 1. The predicted molar refractivity (Wildman–Crippen MR) is 121 cm³/mol. The fourth-order valence-electron chi connectivity index (χ4n) is 3.15. The van der Waals surface area contributed by atoms with Gasteiger partial charge in [-0.25, -0.2) is 0 Å². The van der Waals surface area contributed by atoms with Gasteiger partial charge in [-0.1, -0.05) is 81.4 Å². The average Bonchev–Trinajstić information content (AvgIpc) is 2.76. The van der Waals surface area contributed by atoms with E-state index in [1.807, 2.05) is 60.7 Å². The van der Waals surface area contributed by atoms with Gasteiger partial charge in [-0.2, -0.15) is 0 Å². The molecule has 0 saturated heterocycles. The molecule has 1 amide bonds. The molecule has 0 aliphatic rings. The number of ketones is 1. The molecule has 1 N–H and O–H groups in total. The molecule has 2 atom stereocenters. The van der Waals surface area contributed by atoms with Crippen LogP contribution in [-0.4, -0.2) is 23.7 Å². The van der Waals surface area contributed by atoms with E-state index in [0.29, 0.717) is 18.8 Å². The second-order valence-electron chi connectivity index (χ2n) is 8.40. The Labute approximate surface area is 185 Å². The van der Waals surface area contributed by atoms with Gasteiger partial charge in [-0.05, 0) is 29.9 Å². The topological polar surface area (TPSA) is 72.5 Å². The van der Waals surface area contributed by atoms with Crippen LogP contribution in [0.25, 0.3) is 0 Å². The van der Waals surface area contributed by atoms with Crippen molar-refractivity contribution in [2.24, 2.45) is 11.8 Å². The number of Topliss-reactive ketones (excluding diaryl/α,β-unsaturated/α-hetero) is 1. The molecule has 5 heteroatoms. The fraction of sp³-hybridized carbons (Fsp3) is 0.423. The Bertz CT molecular complexity index is 833. The Morgan fingerprint density at radius 1 is 0.871 bits per heavy atom. The summed E-state index contributed by atoms with van der Waals surface area (Å²) in [5.41, 5.74) is 1.88. The highest BCUT2D eigenvalue weighted by molar-refractivity contribution is 5.91. The highest BCUT2D eigenvalue weighted by atomic mass is 16.5. The number of hydrogen-bond acceptors (Lipinski definition) is 4. The molecule has 31 heavy (non-hydrogen) atoms. The molecule has 0 spiro atoms. The number of ether oxygens (including phenoxy) is 1. The van der Waals surface area contributed by atoms with Crippen molar-refractivity contribution in [3.05, 3.63) is 71.8 Å². The van der Waals surface area contributed by atoms with Crippen molar-refractivity contribution in [3.8, 4) is 0 Å². The van der Waals surface area contributed by atoms with Crippen LogP contribution >= 0.6 is 0 Å². The van der Waals surface area contributed by atoms with Gasteiger partial charge in [0.05, 0.1) is 12.5 Å². The first-order chi connectivity index (χ1) is 14.8. The zero-order valence-corrected chi connectivity index (χ0v) is 18.7. The number of nitrogens with one attached hydrogen (secondary N) is 1. The van der Waals surface area contributed by atoms with Crippen LogP contribution in [0.15, 0.2) is 60.7 Å². The zero-order chi connectivity index (χ0) is 22.6. The molecule has 0 aromatic heterocycles. The van der Waals surface area contributed by atoms with Crippen molar-refractivity contribution >= 4 is 17.7 Å². The van der Waals surface area contributed by atoms with Gasteiger partial charge in [-0.3, -0.25) is 14.4 Å². The third-order valence-electron chi connectivity index (χ3n) is 5.12. The molecule has 2 aromatic carbocycles. The van der Waals surface area contributed by atoms with Crippen molar-refractivity contribution in [2.75, 3.05) is 0 Å². The molecule has 2 rings (SSSR count). The van der Waals surface area contributed by atoms with Crippen molar-refractivity contribution < 1.29 is 19.1 Å². The van der Waals surface area contributed by atoms with Gasteiger partial charge >= 0.3 is 5.97 Å². The lowest BCUT2D eigenvalue weighted by molar-refractivity contribution is -0.148. The van der Waals surface area contributed by atoms with Gasteiger partial charge in [0.1, 0.15) is 6.61 Å². The van der Waals surface area contributed by atoms with E-state index in [1.54, 1.807) is 6.92 Å². The first-order valence-corrected chi connectivity index (χ1v) is 10.9. The van der Waals surface area contributed by atoms with Crippen LogP contribution in [0.3, 0.4) is 0 Å². The van der Waals surface area contributed by atoms with Gasteiger partial charge in [0.15, 0.2) is 5.78 Å². The summed E-state index contributed by atoms with van der Waals surface area (Å²) in [5, 5.41) is 2.87. The van der Waals surface area contributed by atoms with Crippen molar-refractivity contribution in [1.82, 2.24) is 5.32 Å². The molecule has 0 fully saturated rings. The second-order valence-corrected chi connectivity index (χ2v) is 8.40. The van der Waals surface area contributed by atoms with E-state index >= 15 is 0 Å². The van der Waals surface area contributed by atoms with Gasteiger partial charge in [0.25, 0.3) is 0 Å². The highest BCUT2D eigenvalue weighted by Gasteiger charge is 2.25. The molecule has 0 bridgehead atoms. The molecule has 0 heterocycles. The number of benzene rings is 2. The molecule has 0 aliphatic heterocycles. The third kappa shape index (κ3) is 9.16. The van der Waals surface area contributed by atoms with Crippen LogP contribution in [0.1, 0.15) is 51.2 Å². The SMILES string of the molecule is CC(C)CCC(=O)[C@H](Cc1ccccc1)NC(=O)[C@H](C)CC(=O)OCc1ccccc1. The fourth-order valence-corrected chi connectivity index (χ4v) is 3.15. The molecule has 0 unspecified atom stereocenters. The van der Waals surface area contributed by atoms with Crippen molar-refractivity contribution in [1.29, 1.82) is 0 Å². The molecular weight excluding hydrogens is 390 g/mol. The van der Waals surface area contributed by atoms with Crippen LogP contribution in [0.5, 0.6) is 0 Å². The van der Waals surface area contributed by atoms with E-state index in [0.717, 1.165) is 17.5 Å². The van der Waals surface area contributed by atoms with Crippen molar-refractivity contribution in [2.45, 2.75) is 59.1 Å². The summed E-state index contributed by atoms with van der Waals surface area (Å²) in [6.45, 7) is 6.00. The minimum Gasteiger partial charge on any atom is -0.461 e. The maximum Gasteiger partial charge on any atom is 0.306 e. The van der Waals surface area contributed by atoms with Gasteiger partial charge in [-0.15, -0.1) is 0 Å². The Morgan fingerprint density at radius 2 is 1.45 bits per heavy atom. The van der Waals surface area contributed by atoms with Crippen LogP contribution in [-0.2, 0) is 32.1 Å². The molecule has 0 aliphatic carbocycles. The van der Waals surface area contributed by atoms with Crippen LogP contribution in [0, 0.1) is 11.8 Å². The highest BCUT2D eigenvalue weighted by Crippen LogP contribution is 2.12. The molecule has 0 radical (unpaired) electrons. The predicted octanol–water partition coefficient (Wildman–Crippen LogP) is 4.49. The lowest BCUT2D eigenvalue weighted by Gasteiger charge is -2.21. The molecule has 2 aromatic rings. The summed E-state index contributed by atoms with van der Waals surface area (Å²) in [5.74, 6) is -0.896. The number of amides is 1. The molecule has 0 saturated carbocycles. The van der Waals surface area contributed by atoms with Crippen molar-refractivity contribution in [3.63, 3.8) is 0 Å². The van der Waals surface area contributed by atoms with Gasteiger partial charge in [0.2, 0.25) is 5.91 Å². The minimum atomic E-state index is -0.601. The van der Waals surface area contributed by atoms with E-state index in [4.69, 9.17) is 4.74 Å². The smallest absolute Gasteiger partial charge is 0.306 e. The second kappa shape index (κ2) is 12.7. The lowest BCUT2D eigenvalue weighted by atomic mass is 9.96. The summed E-state index contributed by atoms with van der Waals surface area (Å²) >= 11 is 0. The van der Waals surface area contributed by atoms with E-state index < -0.39 is 17.9 Å². The van der Waals surface area contributed by atoms with Crippen LogP contribution in [0.2, 0.25) is 0 Å². The summed E-state index contributed by atoms with van der Waals surface area (Å²) in [6, 6.07) is 18.4. The van der Waals surface area contributed by atoms with Crippen LogP contribution < -0.4 is 5.32 Å². The van der Waals surface area contributed by atoms with Gasteiger partial charge in [0, 0.05) is 12.3 Å². The monoisotopic (exact) mass is 423 g/mol. The molecular formula is C26H33NO4. The quantitative estimate of drug-likeness (QED) is 0.511. The Morgan fingerprint density at radius 3 is 2.03 bits per heavy atom. The first-order valence-electron chi connectivity index (χ1n) is 10.9. The zero-order valence-electron chi connectivity index (χ0n) is 18.7. The maximum atomic E-state index is 12.8. The first kappa shape index (κ1) is 24.3. The van der Waals surface area contributed by atoms with E-state index in [1.165, 1.54) is 0 Å². The Kier molecular flexibility index (Phi) is 9.95. The Hall–Kier alpha value is -2.95. The normalized spacial score (nSPS) is 12.8. The summed E-state index contributed by atoms with van der Waals surface area (Å²) in [4.78, 5) is 37.7. The number of hydrogen-bond donors (Lipinski definition) is 1. The molecule has 166 valence electrons. The van der Waals surface area contributed by atoms with E-state index in [9.17, 15) is 14.4 Å². The number of rotatable bonds is 12. The summed E-state index contributed by atoms with van der Waals surface area (Å²) in [7, 11) is 0. The maximum absolute atomic E-state index is 12.8. The third-order valence-corrected chi connectivity index (χ3v) is 5.12.